The maximum atomic E-state index is 5.70. The van der Waals surface area contributed by atoms with Gasteiger partial charge in [0, 0.05) is 28.9 Å². The highest BCUT2D eigenvalue weighted by molar-refractivity contribution is 7.98. The number of methoxy groups -OCH3 is 1. The molecule has 0 aliphatic heterocycles. The standard InChI is InChI=1S/C15H17N5OS2/c1-21-12-4-2-11(3-5-12)20-14(6-7-16)18-19-15(20)22-9-13-8-17-10-23-13/h2-5,8,10H,6-7,9,16H2,1H3. The molecule has 0 aliphatic carbocycles. The number of rotatable bonds is 7. The summed E-state index contributed by atoms with van der Waals surface area (Å²) in [4.78, 5) is 5.31. The number of nitrogens with two attached hydrogens (primary N) is 1. The van der Waals surface area contributed by atoms with E-state index in [1.54, 1.807) is 30.2 Å². The van der Waals surface area contributed by atoms with Crippen molar-refractivity contribution in [3.63, 3.8) is 0 Å². The summed E-state index contributed by atoms with van der Waals surface area (Å²) in [6.07, 6.45) is 2.56. The molecule has 0 aliphatic rings. The van der Waals surface area contributed by atoms with Gasteiger partial charge in [0.05, 0.1) is 12.6 Å². The summed E-state index contributed by atoms with van der Waals surface area (Å²) in [5, 5.41) is 9.47. The van der Waals surface area contributed by atoms with Crippen molar-refractivity contribution in [1.29, 1.82) is 0 Å². The van der Waals surface area contributed by atoms with Crippen LogP contribution in [0.5, 0.6) is 5.75 Å². The topological polar surface area (TPSA) is 78.9 Å². The lowest BCUT2D eigenvalue weighted by Gasteiger charge is -2.10. The highest BCUT2D eigenvalue weighted by Gasteiger charge is 2.14. The molecular weight excluding hydrogens is 330 g/mol. The van der Waals surface area contributed by atoms with Gasteiger partial charge in [-0.1, -0.05) is 11.8 Å². The molecular formula is C15H17N5OS2. The fourth-order valence-corrected chi connectivity index (χ4v) is 3.74. The van der Waals surface area contributed by atoms with E-state index in [4.69, 9.17) is 10.5 Å². The zero-order valence-electron chi connectivity index (χ0n) is 12.7. The van der Waals surface area contributed by atoms with Gasteiger partial charge in [0.1, 0.15) is 11.6 Å². The highest BCUT2D eigenvalue weighted by atomic mass is 32.2. The molecule has 0 saturated carbocycles. The van der Waals surface area contributed by atoms with Gasteiger partial charge in [-0.3, -0.25) is 9.55 Å². The Hall–Kier alpha value is -1.90. The third-order valence-corrected chi connectivity index (χ3v) is 5.17. The van der Waals surface area contributed by atoms with Crippen molar-refractivity contribution in [3.05, 3.63) is 46.7 Å². The first kappa shape index (κ1) is 16.0. The van der Waals surface area contributed by atoms with E-state index in [-0.39, 0.29) is 0 Å². The van der Waals surface area contributed by atoms with E-state index in [1.807, 2.05) is 36.0 Å². The Kier molecular flexibility index (Phi) is 5.27. The van der Waals surface area contributed by atoms with Crippen LogP contribution < -0.4 is 10.5 Å². The van der Waals surface area contributed by atoms with Gasteiger partial charge in [-0.2, -0.15) is 0 Å². The Labute approximate surface area is 142 Å². The first-order valence-electron chi connectivity index (χ1n) is 7.10. The average Bonchev–Trinajstić information content (AvgIpc) is 3.23. The van der Waals surface area contributed by atoms with Crippen LogP contribution in [-0.4, -0.2) is 33.4 Å². The molecule has 2 heterocycles. The van der Waals surface area contributed by atoms with Crippen molar-refractivity contribution in [2.45, 2.75) is 17.3 Å². The lowest BCUT2D eigenvalue weighted by atomic mass is 10.3. The Morgan fingerprint density at radius 1 is 1.26 bits per heavy atom. The van der Waals surface area contributed by atoms with Crippen LogP contribution in [0, 0.1) is 0 Å². The summed E-state index contributed by atoms with van der Waals surface area (Å²) < 4.78 is 7.27. The first-order valence-corrected chi connectivity index (χ1v) is 8.97. The second-order valence-electron chi connectivity index (χ2n) is 4.73. The maximum absolute atomic E-state index is 5.70. The average molecular weight is 347 g/mol. The maximum Gasteiger partial charge on any atom is 0.196 e. The fourth-order valence-electron chi connectivity index (χ4n) is 2.12. The van der Waals surface area contributed by atoms with E-state index in [2.05, 4.69) is 19.7 Å². The molecule has 0 atom stereocenters. The van der Waals surface area contributed by atoms with Gasteiger partial charge < -0.3 is 10.5 Å². The molecule has 8 heteroatoms. The van der Waals surface area contributed by atoms with E-state index in [1.165, 1.54) is 4.88 Å². The molecule has 0 radical (unpaired) electrons. The number of hydrogen-bond donors (Lipinski definition) is 1. The van der Waals surface area contributed by atoms with Gasteiger partial charge >= 0.3 is 0 Å². The Bertz CT molecular complexity index is 740. The van der Waals surface area contributed by atoms with E-state index in [9.17, 15) is 0 Å². The van der Waals surface area contributed by atoms with Crippen LogP contribution >= 0.6 is 23.1 Å². The minimum absolute atomic E-state index is 0.536. The van der Waals surface area contributed by atoms with Gasteiger partial charge in [0.2, 0.25) is 0 Å². The Balaban J connectivity index is 1.89. The minimum Gasteiger partial charge on any atom is -0.497 e. The van der Waals surface area contributed by atoms with Gasteiger partial charge in [-0.25, -0.2) is 0 Å². The molecule has 3 rings (SSSR count). The minimum atomic E-state index is 0.536. The fraction of sp³-hybridized carbons (Fsp3) is 0.267. The van der Waals surface area contributed by atoms with E-state index in [0.29, 0.717) is 13.0 Å². The second-order valence-corrected chi connectivity index (χ2v) is 6.64. The van der Waals surface area contributed by atoms with Crippen LogP contribution in [0.1, 0.15) is 10.7 Å². The molecule has 0 saturated heterocycles. The number of thioether (sulfide) groups is 1. The molecule has 23 heavy (non-hydrogen) atoms. The third kappa shape index (κ3) is 3.72. The molecule has 120 valence electrons. The molecule has 0 amide bonds. The zero-order chi connectivity index (χ0) is 16.1. The zero-order valence-corrected chi connectivity index (χ0v) is 14.3. The normalized spacial score (nSPS) is 10.9. The summed E-state index contributed by atoms with van der Waals surface area (Å²) in [5.74, 6) is 2.51. The summed E-state index contributed by atoms with van der Waals surface area (Å²) in [5.41, 5.74) is 8.54. The van der Waals surface area contributed by atoms with Crippen LogP contribution in [0.2, 0.25) is 0 Å². The summed E-state index contributed by atoms with van der Waals surface area (Å²) in [7, 11) is 1.66. The molecule has 2 aromatic heterocycles. The van der Waals surface area contributed by atoms with Gasteiger partial charge in [-0.15, -0.1) is 21.5 Å². The largest absolute Gasteiger partial charge is 0.497 e. The predicted molar refractivity (Wildman–Crippen MR) is 92.3 cm³/mol. The van der Waals surface area contributed by atoms with Crippen LogP contribution in [0.3, 0.4) is 0 Å². The molecule has 0 spiro atoms. The summed E-state index contributed by atoms with van der Waals surface area (Å²) in [6.45, 7) is 0.536. The Morgan fingerprint density at radius 3 is 2.74 bits per heavy atom. The van der Waals surface area contributed by atoms with Crippen LogP contribution in [0.15, 0.2) is 41.1 Å². The monoisotopic (exact) mass is 347 g/mol. The van der Waals surface area contributed by atoms with Crippen molar-refractivity contribution >= 4 is 23.1 Å². The SMILES string of the molecule is COc1ccc(-n2c(CCN)nnc2SCc2cncs2)cc1. The van der Waals surface area contributed by atoms with Crippen molar-refractivity contribution in [3.8, 4) is 11.4 Å². The molecule has 2 N–H and O–H groups in total. The summed E-state index contributed by atoms with van der Waals surface area (Å²) >= 11 is 3.28. The first-order chi connectivity index (χ1) is 11.3. The molecule has 0 bridgehead atoms. The number of hydrogen-bond acceptors (Lipinski definition) is 7. The molecule has 6 nitrogen and oxygen atoms in total. The van der Waals surface area contributed by atoms with Crippen molar-refractivity contribution < 1.29 is 4.74 Å². The van der Waals surface area contributed by atoms with Crippen molar-refractivity contribution in [2.24, 2.45) is 5.73 Å². The Morgan fingerprint density at radius 2 is 2.09 bits per heavy atom. The molecule has 3 aromatic rings. The second kappa shape index (κ2) is 7.58. The summed E-state index contributed by atoms with van der Waals surface area (Å²) in [6, 6.07) is 7.86. The van der Waals surface area contributed by atoms with Gasteiger partial charge in [0.25, 0.3) is 0 Å². The van der Waals surface area contributed by atoms with Crippen LogP contribution in [-0.2, 0) is 12.2 Å². The molecule has 0 fully saturated rings. The van der Waals surface area contributed by atoms with E-state index >= 15 is 0 Å². The molecule has 0 unspecified atom stereocenters. The van der Waals surface area contributed by atoms with E-state index in [0.717, 1.165) is 28.2 Å². The highest BCUT2D eigenvalue weighted by Crippen LogP contribution is 2.27. The van der Waals surface area contributed by atoms with Crippen LogP contribution in [0.25, 0.3) is 5.69 Å². The number of benzene rings is 1. The number of ether oxygens (including phenoxy) is 1. The van der Waals surface area contributed by atoms with Crippen LogP contribution in [0.4, 0.5) is 0 Å². The van der Waals surface area contributed by atoms with Gasteiger partial charge in [0.15, 0.2) is 5.16 Å². The smallest absolute Gasteiger partial charge is 0.196 e. The number of nitrogens with zero attached hydrogens (tertiary/aromatic N) is 4. The van der Waals surface area contributed by atoms with Crippen molar-refractivity contribution in [1.82, 2.24) is 19.7 Å². The van der Waals surface area contributed by atoms with Crippen molar-refractivity contribution in [2.75, 3.05) is 13.7 Å². The molecule has 1 aromatic carbocycles. The number of aromatic nitrogens is 4. The van der Waals surface area contributed by atoms with Gasteiger partial charge in [-0.05, 0) is 30.8 Å². The third-order valence-electron chi connectivity index (χ3n) is 3.23. The quantitative estimate of drug-likeness (QED) is 0.662. The lowest BCUT2D eigenvalue weighted by molar-refractivity contribution is 0.414. The van der Waals surface area contributed by atoms with E-state index < -0.39 is 0 Å². The number of thiazole rings is 1. The predicted octanol–water partition coefficient (Wildman–Crippen LogP) is 2.53. The lowest BCUT2D eigenvalue weighted by Crippen LogP contribution is -2.09.